The van der Waals surface area contributed by atoms with Crippen molar-refractivity contribution in [1.82, 2.24) is 9.58 Å². The number of nitrogens with zero attached hydrogens (tertiary/aromatic N) is 3. The van der Waals surface area contributed by atoms with Crippen LogP contribution >= 0.6 is 23.4 Å². The van der Waals surface area contributed by atoms with E-state index in [0.717, 1.165) is 22.1 Å². The molecule has 1 N–H and O–H groups in total. The van der Waals surface area contributed by atoms with Crippen LogP contribution in [0.5, 0.6) is 5.75 Å². The Morgan fingerprint density at radius 3 is 2.61 bits per heavy atom. The molecule has 1 aromatic heterocycles. The Labute approximate surface area is 213 Å². The van der Waals surface area contributed by atoms with Crippen LogP contribution in [0, 0.1) is 0 Å². The predicted octanol–water partition coefficient (Wildman–Crippen LogP) is 5.29. The van der Waals surface area contributed by atoms with Crippen LogP contribution < -0.4 is 10.4 Å². The van der Waals surface area contributed by atoms with Crippen molar-refractivity contribution in [3.8, 4) is 5.75 Å². The molecule has 0 unspecified atom stereocenters. The van der Waals surface area contributed by atoms with Gasteiger partial charge in [0.1, 0.15) is 18.8 Å². The van der Waals surface area contributed by atoms with Gasteiger partial charge in [-0.3, -0.25) is 19.3 Å². The second-order valence-electron chi connectivity index (χ2n) is 8.58. The molecule has 0 fully saturated rings. The second kappa shape index (κ2) is 9.08. The van der Waals surface area contributed by atoms with Gasteiger partial charge in [0, 0.05) is 33.5 Å². The first kappa shape index (κ1) is 24.6. The monoisotopic (exact) mass is 535 g/mol. The highest BCUT2D eigenvalue weighted by molar-refractivity contribution is 7.98. The van der Waals surface area contributed by atoms with Crippen molar-refractivity contribution in [3.63, 3.8) is 0 Å². The van der Waals surface area contributed by atoms with Crippen LogP contribution in [0.2, 0.25) is 5.02 Å². The van der Waals surface area contributed by atoms with Crippen LogP contribution in [0.3, 0.4) is 0 Å². The first-order chi connectivity index (χ1) is 17.1. The second-order valence-corrected chi connectivity index (χ2v) is 10.0. The Morgan fingerprint density at radius 1 is 1.14 bits per heavy atom. The average Bonchev–Trinajstić information content (AvgIpc) is 3.00. The SMILES string of the molecule is CC[C@@H](N1CN([C@@H]2c3ccccc3SCc3cccc(Cl)c32)n2ccc(=O)c(O)c2C1=O)C(F)(F)F. The van der Waals surface area contributed by atoms with Crippen LogP contribution in [0.15, 0.2) is 64.4 Å². The summed E-state index contributed by atoms with van der Waals surface area (Å²) in [6.07, 6.45) is -3.80. The minimum Gasteiger partial charge on any atom is -0.502 e. The quantitative estimate of drug-likeness (QED) is 0.493. The number of thioether (sulfide) groups is 1. The molecule has 2 aromatic carbocycles. The Bertz CT molecular complexity index is 1410. The molecule has 0 aliphatic carbocycles. The number of hydrogen-bond acceptors (Lipinski definition) is 5. The van der Waals surface area contributed by atoms with Gasteiger partial charge in [0.2, 0.25) is 5.43 Å². The molecular weight excluding hydrogens is 515 g/mol. The number of benzene rings is 2. The van der Waals surface area contributed by atoms with Gasteiger partial charge in [0.05, 0.1) is 0 Å². The molecule has 0 saturated heterocycles. The van der Waals surface area contributed by atoms with E-state index in [4.69, 9.17) is 11.6 Å². The van der Waals surface area contributed by atoms with Gasteiger partial charge in [-0.05, 0) is 29.7 Å². The Hall–Kier alpha value is -3.11. The van der Waals surface area contributed by atoms with E-state index in [-0.39, 0.29) is 0 Å². The molecule has 36 heavy (non-hydrogen) atoms. The van der Waals surface area contributed by atoms with Crippen LogP contribution in [0.4, 0.5) is 13.2 Å². The summed E-state index contributed by atoms with van der Waals surface area (Å²) < 4.78 is 43.4. The molecule has 2 atom stereocenters. The summed E-state index contributed by atoms with van der Waals surface area (Å²) in [4.78, 5) is 27.2. The van der Waals surface area contributed by atoms with E-state index in [2.05, 4.69) is 0 Å². The van der Waals surface area contributed by atoms with Crippen molar-refractivity contribution in [2.45, 2.75) is 42.3 Å². The standard InChI is InChI=1S/C25H21ClF3N3O3S/c1-2-19(25(27,28)29)30-13-32(31-11-10-17(33)23(34)22(31)24(30)35)21-15-7-3-4-9-18(15)36-12-14-6-5-8-16(26)20(14)21/h3-11,19,21,34H,2,12-13H2,1H3/t19-,21-/m1/s1. The minimum absolute atomic E-state index is 0.393. The molecule has 0 radical (unpaired) electrons. The maximum atomic E-state index is 14.0. The highest BCUT2D eigenvalue weighted by atomic mass is 35.5. The fourth-order valence-corrected chi connectivity index (χ4v) is 6.28. The molecule has 3 heterocycles. The van der Waals surface area contributed by atoms with Gasteiger partial charge < -0.3 is 10.0 Å². The highest BCUT2D eigenvalue weighted by Gasteiger charge is 2.49. The summed E-state index contributed by atoms with van der Waals surface area (Å²) >= 11 is 8.28. The lowest BCUT2D eigenvalue weighted by atomic mass is 9.94. The van der Waals surface area contributed by atoms with Crippen molar-refractivity contribution in [3.05, 3.63) is 92.4 Å². The third-order valence-electron chi connectivity index (χ3n) is 6.54. The third-order valence-corrected chi connectivity index (χ3v) is 8.01. The van der Waals surface area contributed by atoms with E-state index in [0.29, 0.717) is 21.2 Å². The van der Waals surface area contributed by atoms with Crippen molar-refractivity contribution in [2.24, 2.45) is 0 Å². The van der Waals surface area contributed by atoms with Crippen LogP contribution in [-0.4, -0.2) is 39.5 Å². The summed E-state index contributed by atoms with van der Waals surface area (Å²) in [6.45, 7) is 0.895. The predicted molar refractivity (Wildman–Crippen MR) is 131 cm³/mol. The van der Waals surface area contributed by atoms with Gasteiger partial charge in [0.15, 0.2) is 11.4 Å². The highest BCUT2D eigenvalue weighted by Crippen LogP contribution is 2.45. The summed E-state index contributed by atoms with van der Waals surface area (Å²) in [6, 6.07) is 11.2. The number of aromatic hydroxyl groups is 1. The summed E-state index contributed by atoms with van der Waals surface area (Å²) in [7, 11) is 0. The molecule has 2 aliphatic heterocycles. The van der Waals surface area contributed by atoms with Crippen LogP contribution in [0.1, 0.15) is 46.6 Å². The van der Waals surface area contributed by atoms with E-state index < -0.39 is 54.1 Å². The molecule has 0 bridgehead atoms. The van der Waals surface area contributed by atoms with Gasteiger partial charge in [-0.15, -0.1) is 11.8 Å². The van der Waals surface area contributed by atoms with Gasteiger partial charge >= 0.3 is 6.18 Å². The van der Waals surface area contributed by atoms with Gasteiger partial charge in [-0.2, -0.15) is 13.2 Å². The maximum absolute atomic E-state index is 14.0. The molecule has 0 spiro atoms. The first-order valence-electron chi connectivity index (χ1n) is 11.2. The first-order valence-corrected chi connectivity index (χ1v) is 12.6. The van der Waals surface area contributed by atoms with Crippen molar-refractivity contribution < 1.29 is 23.1 Å². The number of halogens is 4. The number of pyridine rings is 1. The lowest BCUT2D eigenvalue weighted by Gasteiger charge is -2.46. The Balaban J connectivity index is 1.80. The van der Waals surface area contributed by atoms with E-state index in [1.807, 2.05) is 36.4 Å². The molecule has 6 nitrogen and oxygen atoms in total. The lowest BCUT2D eigenvalue weighted by molar-refractivity contribution is -0.178. The topological polar surface area (TPSA) is 65.8 Å². The third kappa shape index (κ3) is 3.92. The van der Waals surface area contributed by atoms with Crippen molar-refractivity contribution in [2.75, 3.05) is 11.7 Å². The molecule has 2 aliphatic rings. The number of carbonyl (C=O) groups is 1. The number of amides is 1. The van der Waals surface area contributed by atoms with Crippen molar-refractivity contribution in [1.29, 1.82) is 0 Å². The number of aromatic nitrogens is 1. The smallest absolute Gasteiger partial charge is 0.408 e. The number of alkyl halides is 3. The molecule has 5 rings (SSSR count). The summed E-state index contributed by atoms with van der Waals surface area (Å²) in [5, 5.41) is 12.6. The summed E-state index contributed by atoms with van der Waals surface area (Å²) in [5.74, 6) is -1.38. The lowest BCUT2D eigenvalue weighted by Crippen LogP contribution is -2.61. The number of carbonyl (C=O) groups excluding carboxylic acids is 1. The number of rotatable bonds is 3. The van der Waals surface area contributed by atoms with Crippen LogP contribution in [0.25, 0.3) is 0 Å². The molecular formula is C25H21ClF3N3O3S. The normalized spacial score (nSPS) is 18.2. The van der Waals surface area contributed by atoms with Gasteiger partial charge in [-0.1, -0.05) is 48.9 Å². The zero-order chi connectivity index (χ0) is 25.8. The molecule has 1 amide bonds. The molecule has 3 aromatic rings. The van der Waals surface area contributed by atoms with E-state index in [1.165, 1.54) is 17.8 Å². The van der Waals surface area contributed by atoms with Gasteiger partial charge in [0.25, 0.3) is 5.91 Å². The number of fused-ring (bicyclic) bond motifs is 3. The fraction of sp³-hybridized carbons (Fsp3) is 0.280. The molecule has 11 heteroatoms. The fourth-order valence-electron chi connectivity index (χ4n) is 4.90. The molecule has 188 valence electrons. The molecule has 0 saturated carbocycles. The zero-order valence-electron chi connectivity index (χ0n) is 19.0. The van der Waals surface area contributed by atoms with E-state index in [9.17, 15) is 27.9 Å². The van der Waals surface area contributed by atoms with E-state index in [1.54, 1.807) is 22.8 Å². The number of hydrogen-bond donors (Lipinski definition) is 1. The van der Waals surface area contributed by atoms with E-state index >= 15 is 0 Å². The van der Waals surface area contributed by atoms with Crippen molar-refractivity contribution >= 4 is 29.3 Å². The van der Waals surface area contributed by atoms with Crippen LogP contribution in [-0.2, 0) is 5.75 Å². The largest absolute Gasteiger partial charge is 0.502 e. The maximum Gasteiger partial charge on any atom is 0.408 e. The minimum atomic E-state index is -4.71. The Kier molecular flexibility index (Phi) is 6.20. The summed E-state index contributed by atoms with van der Waals surface area (Å²) in [5.41, 5.74) is 1.00. The zero-order valence-corrected chi connectivity index (χ0v) is 20.6. The van der Waals surface area contributed by atoms with Gasteiger partial charge in [-0.25, -0.2) is 0 Å². The Morgan fingerprint density at radius 2 is 1.89 bits per heavy atom. The average molecular weight is 536 g/mol.